The summed E-state index contributed by atoms with van der Waals surface area (Å²) in [5.74, 6) is 0.530. The molecule has 0 unspecified atom stereocenters. The van der Waals surface area contributed by atoms with Gasteiger partial charge in [-0.25, -0.2) is 12.7 Å². The van der Waals surface area contributed by atoms with E-state index in [0.29, 0.717) is 10.8 Å². The van der Waals surface area contributed by atoms with E-state index >= 15 is 0 Å². The Morgan fingerprint density at radius 3 is 2.46 bits per heavy atom. The molecule has 5 nitrogen and oxygen atoms in total. The van der Waals surface area contributed by atoms with Crippen LogP contribution in [0.15, 0.2) is 46.7 Å². The molecule has 0 spiro atoms. The number of nitrogens with zero attached hydrogens (tertiary/aromatic N) is 2. The van der Waals surface area contributed by atoms with E-state index in [4.69, 9.17) is 0 Å². The first-order chi connectivity index (χ1) is 12.4. The van der Waals surface area contributed by atoms with Crippen LogP contribution in [-0.2, 0) is 16.4 Å². The Morgan fingerprint density at radius 2 is 1.85 bits per heavy atom. The first-order valence-corrected chi connectivity index (χ1v) is 11.0. The predicted molar refractivity (Wildman–Crippen MR) is 104 cm³/mol. The summed E-state index contributed by atoms with van der Waals surface area (Å²) in [5.41, 5.74) is 1.34. The van der Waals surface area contributed by atoms with Crippen molar-refractivity contribution in [2.75, 3.05) is 27.2 Å². The van der Waals surface area contributed by atoms with Gasteiger partial charge in [-0.3, -0.25) is 4.79 Å². The van der Waals surface area contributed by atoms with Gasteiger partial charge in [-0.05, 0) is 36.8 Å². The quantitative estimate of drug-likeness (QED) is 0.786. The first-order valence-electron chi connectivity index (χ1n) is 8.72. The Labute approximate surface area is 159 Å². The van der Waals surface area contributed by atoms with Crippen LogP contribution in [0.3, 0.4) is 0 Å². The summed E-state index contributed by atoms with van der Waals surface area (Å²) < 4.78 is 25.5. The number of piperidine rings is 1. The van der Waals surface area contributed by atoms with E-state index in [1.807, 2.05) is 11.0 Å². The SMILES string of the molecule is CN(C)S(=O)(=O)c1csc(C(=O)N2CCC(Cc3ccccc3)CC2)c1. The highest BCUT2D eigenvalue weighted by Gasteiger charge is 2.26. The Balaban J connectivity index is 1.60. The van der Waals surface area contributed by atoms with E-state index in [1.165, 1.54) is 41.4 Å². The van der Waals surface area contributed by atoms with Gasteiger partial charge < -0.3 is 4.90 Å². The van der Waals surface area contributed by atoms with E-state index in [2.05, 4.69) is 24.3 Å². The van der Waals surface area contributed by atoms with Crippen molar-refractivity contribution < 1.29 is 13.2 Å². The molecule has 1 saturated heterocycles. The number of likely N-dealkylation sites (tertiary alicyclic amines) is 1. The highest BCUT2D eigenvalue weighted by atomic mass is 32.2. The van der Waals surface area contributed by atoms with Crippen LogP contribution >= 0.6 is 11.3 Å². The molecule has 1 aromatic heterocycles. The number of carbonyl (C=O) groups excluding carboxylic acids is 1. The monoisotopic (exact) mass is 392 g/mol. The normalized spacial score (nSPS) is 16.2. The molecule has 2 heterocycles. The summed E-state index contributed by atoms with van der Waals surface area (Å²) in [6.07, 6.45) is 3.01. The van der Waals surface area contributed by atoms with Crippen molar-refractivity contribution >= 4 is 27.3 Å². The van der Waals surface area contributed by atoms with Crippen molar-refractivity contribution in [2.45, 2.75) is 24.2 Å². The van der Waals surface area contributed by atoms with E-state index in [-0.39, 0.29) is 10.8 Å². The number of rotatable bonds is 5. The fraction of sp³-hybridized carbons (Fsp3) is 0.421. The zero-order valence-corrected chi connectivity index (χ0v) is 16.7. The third-order valence-electron chi connectivity index (χ3n) is 4.83. The van der Waals surface area contributed by atoms with Gasteiger partial charge in [0.25, 0.3) is 5.91 Å². The maximum Gasteiger partial charge on any atom is 0.263 e. The summed E-state index contributed by atoms with van der Waals surface area (Å²) in [4.78, 5) is 15.2. The fourth-order valence-electron chi connectivity index (χ4n) is 3.22. The summed E-state index contributed by atoms with van der Waals surface area (Å²) in [7, 11) is -0.507. The van der Waals surface area contributed by atoms with Gasteiger partial charge >= 0.3 is 0 Å². The molecule has 140 valence electrons. The van der Waals surface area contributed by atoms with Crippen molar-refractivity contribution in [3.63, 3.8) is 0 Å². The van der Waals surface area contributed by atoms with E-state index in [1.54, 1.807) is 5.38 Å². The summed E-state index contributed by atoms with van der Waals surface area (Å²) in [6.45, 7) is 1.45. The number of carbonyl (C=O) groups is 1. The van der Waals surface area contributed by atoms with Crippen LogP contribution in [0, 0.1) is 5.92 Å². The van der Waals surface area contributed by atoms with Gasteiger partial charge in [-0.1, -0.05) is 30.3 Å². The second-order valence-electron chi connectivity index (χ2n) is 6.86. The zero-order chi connectivity index (χ0) is 18.7. The lowest BCUT2D eigenvalue weighted by molar-refractivity contribution is 0.0695. The maximum absolute atomic E-state index is 12.7. The topological polar surface area (TPSA) is 57.7 Å². The predicted octanol–water partition coefficient (Wildman–Crippen LogP) is 3.09. The van der Waals surface area contributed by atoms with Gasteiger partial charge in [0.15, 0.2) is 0 Å². The lowest BCUT2D eigenvalue weighted by atomic mass is 9.90. The maximum atomic E-state index is 12.7. The Morgan fingerprint density at radius 1 is 1.19 bits per heavy atom. The van der Waals surface area contributed by atoms with Crippen molar-refractivity contribution in [1.29, 1.82) is 0 Å². The van der Waals surface area contributed by atoms with Gasteiger partial charge in [0.1, 0.15) is 0 Å². The second kappa shape index (κ2) is 7.90. The average molecular weight is 393 g/mol. The van der Waals surface area contributed by atoms with Crippen LogP contribution in [0.5, 0.6) is 0 Å². The number of hydrogen-bond acceptors (Lipinski definition) is 4. The molecule has 0 aliphatic carbocycles. The Kier molecular flexibility index (Phi) is 5.79. The molecule has 1 amide bonds. The number of sulfonamides is 1. The molecule has 3 rings (SSSR count). The number of thiophene rings is 1. The lowest BCUT2D eigenvalue weighted by Gasteiger charge is -2.31. The third kappa shape index (κ3) is 4.16. The molecule has 2 aromatic rings. The molecule has 26 heavy (non-hydrogen) atoms. The average Bonchev–Trinajstić information content (AvgIpc) is 3.13. The van der Waals surface area contributed by atoms with Crippen LogP contribution in [-0.4, -0.2) is 50.7 Å². The molecule has 0 N–H and O–H groups in total. The largest absolute Gasteiger partial charge is 0.338 e. The molecular weight excluding hydrogens is 368 g/mol. The third-order valence-corrected chi connectivity index (χ3v) is 7.69. The highest BCUT2D eigenvalue weighted by Crippen LogP contribution is 2.26. The second-order valence-corrected chi connectivity index (χ2v) is 9.92. The van der Waals surface area contributed by atoms with Crippen LogP contribution < -0.4 is 0 Å². The highest BCUT2D eigenvalue weighted by molar-refractivity contribution is 7.89. The smallest absolute Gasteiger partial charge is 0.263 e. The van der Waals surface area contributed by atoms with Crippen LogP contribution in [0.1, 0.15) is 28.1 Å². The van der Waals surface area contributed by atoms with Crippen molar-refractivity contribution in [3.05, 3.63) is 52.2 Å². The minimum Gasteiger partial charge on any atom is -0.338 e. The van der Waals surface area contributed by atoms with E-state index < -0.39 is 10.0 Å². The van der Waals surface area contributed by atoms with E-state index in [9.17, 15) is 13.2 Å². The fourth-order valence-corrected chi connectivity index (χ4v) is 5.35. The molecule has 0 atom stereocenters. The van der Waals surface area contributed by atoms with Crippen molar-refractivity contribution in [2.24, 2.45) is 5.92 Å². The molecular formula is C19H24N2O3S2. The number of hydrogen-bond donors (Lipinski definition) is 0. The first kappa shape index (κ1) is 19.1. The van der Waals surface area contributed by atoms with Crippen LogP contribution in [0.25, 0.3) is 0 Å². The summed E-state index contributed by atoms with van der Waals surface area (Å²) in [5, 5.41) is 1.55. The van der Waals surface area contributed by atoms with Gasteiger partial charge in [0.2, 0.25) is 10.0 Å². The molecule has 1 fully saturated rings. The number of benzene rings is 1. The molecule has 1 aliphatic rings. The lowest BCUT2D eigenvalue weighted by Crippen LogP contribution is -2.38. The van der Waals surface area contributed by atoms with Crippen LogP contribution in [0.4, 0.5) is 0 Å². The molecule has 0 radical (unpaired) electrons. The molecule has 0 bridgehead atoms. The summed E-state index contributed by atoms with van der Waals surface area (Å²) >= 11 is 1.20. The van der Waals surface area contributed by atoms with Gasteiger partial charge in [-0.2, -0.15) is 0 Å². The van der Waals surface area contributed by atoms with Gasteiger partial charge in [0, 0.05) is 32.6 Å². The molecule has 1 aromatic carbocycles. The molecule has 7 heteroatoms. The van der Waals surface area contributed by atoms with Gasteiger partial charge in [0.05, 0.1) is 9.77 Å². The summed E-state index contributed by atoms with van der Waals surface area (Å²) in [6, 6.07) is 11.9. The van der Waals surface area contributed by atoms with Gasteiger partial charge in [-0.15, -0.1) is 11.3 Å². The Hall–Kier alpha value is -1.70. The minimum atomic E-state index is -3.49. The zero-order valence-electron chi connectivity index (χ0n) is 15.1. The molecule has 1 aliphatic heterocycles. The standard InChI is InChI=1S/C19H24N2O3S2/c1-20(2)26(23,24)17-13-18(25-14-17)19(22)21-10-8-16(9-11-21)12-15-6-4-3-5-7-15/h3-7,13-14,16H,8-12H2,1-2H3. The Bertz CT molecular complexity index is 852. The minimum absolute atomic E-state index is 0.0617. The van der Waals surface area contributed by atoms with E-state index in [0.717, 1.165) is 32.4 Å². The molecule has 0 saturated carbocycles. The van der Waals surface area contributed by atoms with Crippen LogP contribution in [0.2, 0.25) is 0 Å². The van der Waals surface area contributed by atoms with Crippen molar-refractivity contribution in [1.82, 2.24) is 9.21 Å². The van der Waals surface area contributed by atoms with Crippen molar-refractivity contribution in [3.8, 4) is 0 Å². The number of amides is 1.